The molecule has 0 fully saturated rings. The van der Waals surface area contributed by atoms with Crippen molar-refractivity contribution in [3.8, 4) is 0 Å². The van der Waals surface area contributed by atoms with Crippen molar-refractivity contribution in [3.63, 3.8) is 0 Å². The van der Waals surface area contributed by atoms with Gasteiger partial charge >= 0.3 is 0 Å². The third-order valence-electron chi connectivity index (χ3n) is 3.80. The molecule has 108 valence electrons. The molecule has 1 aliphatic carbocycles. The second-order valence-electron chi connectivity index (χ2n) is 5.47. The highest BCUT2D eigenvalue weighted by molar-refractivity contribution is 7.18. The van der Waals surface area contributed by atoms with Gasteiger partial charge in [-0.2, -0.15) is 0 Å². The van der Waals surface area contributed by atoms with Crippen molar-refractivity contribution >= 4 is 27.4 Å². The molecule has 5 heteroatoms. The summed E-state index contributed by atoms with van der Waals surface area (Å²) in [5, 5.41) is 4.72. The van der Waals surface area contributed by atoms with Gasteiger partial charge in [-0.25, -0.2) is 9.97 Å². The summed E-state index contributed by atoms with van der Waals surface area (Å²) in [6, 6.07) is 0.249. The van der Waals surface area contributed by atoms with Crippen LogP contribution in [0, 0.1) is 0 Å². The maximum Gasteiger partial charge on any atom is 0.138 e. The van der Waals surface area contributed by atoms with Crippen LogP contribution < -0.4 is 5.32 Å². The van der Waals surface area contributed by atoms with Crippen molar-refractivity contribution < 1.29 is 4.74 Å². The second-order valence-corrected chi connectivity index (χ2v) is 6.55. The summed E-state index contributed by atoms with van der Waals surface area (Å²) in [5.74, 6) is 0.971. The Balaban J connectivity index is 2.01. The number of anilines is 1. The molecule has 0 radical (unpaired) electrons. The van der Waals surface area contributed by atoms with Gasteiger partial charge in [0.05, 0.1) is 12.0 Å². The van der Waals surface area contributed by atoms with E-state index in [0.29, 0.717) is 6.61 Å². The van der Waals surface area contributed by atoms with E-state index in [4.69, 9.17) is 4.74 Å². The standard InChI is InChI=1S/C15H21N3OS/c1-10(8-19-2)18-14-13-11-6-4-3-5-7-12(11)20-15(13)17-9-16-14/h9-10H,3-8H2,1-2H3,(H,16,17,18)/t10-/m0/s1. The Bertz CT molecular complexity index is 596. The highest BCUT2D eigenvalue weighted by Crippen LogP contribution is 2.37. The maximum atomic E-state index is 5.20. The molecule has 0 spiro atoms. The number of aromatic nitrogens is 2. The molecular weight excluding hydrogens is 270 g/mol. The van der Waals surface area contributed by atoms with Gasteiger partial charge in [0.2, 0.25) is 0 Å². The summed E-state index contributed by atoms with van der Waals surface area (Å²) in [7, 11) is 1.73. The second kappa shape index (κ2) is 6.06. The highest BCUT2D eigenvalue weighted by Gasteiger charge is 2.19. The Morgan fingerprint density at radius 3 is 3.00 bits per heavy atom. The van der Waals surface area contributed by atoms with E-state index in [0.717, 1.165) is 17.1 Å². The Morgan fingerprint density at radius 1 is 1.30 bits per heavy atom. The first kappa shape index (κ1) is 13.8. The van der Waals surface area contributed by atoms with Crippen LogP contribution in [0.5, 0.6) is 0 Å². The molecule has 2 aromatic heterocycles. The number of rotatable bonds is 4. The Labute approximate surface area is 123 Å². The summed E-state index contributed by atoms with van der Waals surface area (Å²) in [6.07, 6.45) is 7.94. The van der Waals surface area contributed by atoms with Gasteiger partial charge < -0.3 is 10.1 Å². The van der Waals surface area contributed by atoms with Crippen LogP contribution in [0.3, 0.4) is 0 Å². The lowest BCUT2D eigenvalue weighted by atomic mass is 10.1. The number of nitrogens with zero attached hydrogens (tertiary/aromatic N) is 2. The minimum Gasteiger partial charge on any atom is -0.383 e. The number of fused-ring (bicyclic) bond motifs is 3. The zero-order valence-corrected chi connectivity index (χ0v) is 12.9. The maximum absolute atomic E-state index is 5.20. The minimum absolute atomic E-state index is 0.249. The number of aryl methyl sites for hydroxylation is 2. The smallest absolute Gasteiger partial charge is 0.138 e. The van der Waals surface area contributed by atoms with Crippen LogP contribution in [0.2, 0.25) is 0 Å². The zero-order chi connectivity index (χ0) is 13.9. The van der Waals surface area contributed by atoms with Crippen LogP contribution in [-0.4, -0.2) is 29.7 Å². The number of hydrogen-bond acceptors (Lipinski definition) is 5. The minimum atomic E-state index is 0.249. The third-order valence-corrected chi connectivity index (χ3v) is 5.00. The molecule has 0 saturated heterocycles. The molecule has 20 heavy (non-hydrogen) atoms. The van der Waals surface area contributed by atoms with Gasteiger partial charge in [-0.15, -0.1) is 11.3 Å². The quantitative estimate of drug-likeness (QED) is 0.877. The molecule has 2 aromatic rings. The van der Waals surface area contributed by atoms with E-state index in [1.807, 2.05) is 11.3 Å². The Morgan fingerprint density at radius 2 is 2.15 bits per heavy atom. The summed E-state index contributed by atoms with van der Waals surface area (Å²) >= 11 is 1.85. The topological polar surface area (TPSA) is 47.0 Å². The monoisotopic (exact) mass is 291 g/mol. The van der Waals surface area contributed by atoms with Gasteiger partial charge in [0, 0.05) is 18.0 Å². The molecule has 0 aromatic carbocycles. The van der Waals surface area contributed by atoms with Crippen LogP contribution in [0.15, 0.2) is 6.33 Å². The predicted octanol–water partition coefficient (Wildman–Crippen LogP) is 3.41. The molecule has 1 N–H and O–H groups in total. The number of ether oxygens (including phenoxy) is 1. The average Bonchev–Trinajstić information content (AvgIpc) is 2.63. The molecule has 2 heterocycles. The van der Waals surface area contributed by atoms with Gasteiger partial charge in [0.25, 0.3) is 0 Å². The van der Waals surface area contributed by atoms with Crippen molar-refractivity contribution in [2.24, 2.45) is 0 Å². The summed E-state index contributed by atoms with van der Waals surface area (Å²) in [5.41, 5.74) is 1.48. The lowest BCUT2D eigenvalue weighted by Gasteiger charge is -2.14. The number of nitrogens with one attached hydrogen (secondary N) is 1. The fraction of sp³-hybridized carbons (Fsp3) is 0.600. The van der Waals surface area contributed by atoms with E-state index in [9.17, 15) is 0 Å². The number of hydrogen-bond donors (Lipinski definition) is 1. The summed E-state index contributed by atoms with van der Waals surface area (Å²) < 4.78 is 5.20. The van der Waals surface area contributed by atoms with E-state index in [2.05, 4.69) is 22.2 Å². The highest BCUT2D eigenvalue weighted by atomic mass is 32.1. The van der Waals surface area contributed by atoms with Crippen LogP contribution in [-0.2, 0) is 17.6 Å². The summed E-state index contributed by atoms with van der Waals surface area (Å²) in [4.78, 5) is 11.6. The first-order valence-corrected chi connectivity index (χ1v) is 8.12. The Kier molecular flexibility index (Phi) is 4.17. The molecule has 0 amide bonds. The van der Waals surface area contributed by atoms with Gasteiger partial charge in [0.15, 0.2) is 0 Å². The van der Waals surface area contributed by atoms with E-state index in [1.165, 1.54) is 41.5 Å². The fourth-order valence-corrected chi connectivity index (χ4v) is 4.13. The molecular formula is C15H21N3OS. The van der Waals surface area contributed by atoms with Gasteiger partial charge in [-0.05, 0) is 38.2 Å². The van der Waals surface area contributed by atoms with E-state index < -0.39 is 0 Å². The van der Waals surface area contributed by atoms with Gasteiger partial charge in [-0.1, -0.05) is 6.42 Å². The zero-order valence-electron chi connectivity index (χ0n) is 12.1. The predicted molar refractivity (Wildman–Crippen MR) is 83.6 cm³/mol. The molecule has 0 saturated carbocycles. The SMILES string of the molecule is COC[C@H](C)Nc1ncnc2sc3c(c12)CCCCC3. The Hall–Kier alpha value is -1.20. The first-order chi connectivity index (χ1) is 9.79. The molecule has 0 unspecified atom stereocenters. The van der Waals surface area contributed by atoms with Crippen LogP contribution in [0.4, 0.5) is 5.82 Å². The van der Waals surface area contributed by atoms with Crippen molar-refractivity contribution in [3.05, 3.63) is 16.8 Å². The average molecular weight is 291 g/mol. The number of methoxy groups -OCH3 is 1. The van der Waals surface area contributed by atoms with E-state index in [-0.39, 0.29) is 6.04 Å². The van der Waals surface area contributed by atoms with Crippen molar-refractivity contribution in [2.45, 2.75) is 45.1 Å². The molecule has 4 nitrogen and oxygen atoms in total. The molecule has 1 aliphatic rings. The van der Waals surface area contributed by atoms with Crippen LogP contribution >= 0.6 is 11.3 Å². The number of thiophene rings is 1. The van der Waals surface area contributed by atoms with E-state index in [1.54, 1.807) is 13.4 Å². The van der Waals surface area contributed by atoms with Crippen molar-refractivity contribution in [2.75, 3.05) is 19.0 Å². The lowest BCUT2D eigenvalue weighted by Crippen LogP contribution is -2.21. The third kappa shape index (κ3) is 2.65. The van der Waals surface area contributed by atoms with Crippen LogP contribution in [0.25, 0.3) is 10.2 Å². The van der Waals surface area contributed by atoms with E-state index >= 15 is 0 Å². The van der Waals surface area contributed by atoms with Crippen LogP contribution in [0.1, 0.15) is 36.6 Å². The first-order valence-electron chi connectivity index (χ1n) is 7.30. The largest absolute Gasteiger partial charge is 0.383 e. The molecule has 0 aliphatic heterocycles. The molecule has 1 atom stereocenters. The normalized spacial score (nSPS) is 16.7. The summed E-state index contributed by atoms with van der Waals surface area (Å²) in [6.45, 7) is 2.79. The van der Waals surface area contributed by atoms with Crippen molar-refractivity contribution in [1.29, 1.82) is 0 Å². The van der Waals surface area contributed by atoms with Gasteiger partial charge in [0.1, 0.15) is 17.0 Å². The molecule has 3 rings (SSSR count). The van der Waals surface area contributed by atoms with Crippen molar-refractivity contribution in [1.82, 2.24) is 9.97 Å². The molecule has 0 bridgehead atoms. The lowest BCUT2D eigenvalue weighted by molar-refractivity contribution is 0.190. The van der Waals surface area contributed by atoms with Gasteiger partial charge in [-0.3, -0.25) is 0 Å². The fourth-order valence-electron chi connectivity index (χ4n) is 2.90.